The SMILES string of the molecule is C=C1NC(=O)C(CO)=CN1[C@@H]1O[C@@](COC(C)C)(N=[N+]=[N-])C(OC(C)C)[C@@H]1O. The summed E-state index contributed by atoms with van der Waals surface area (Å²) in [6.07, 6.45) is -2.57. The van der Waals surface area contributed by atoms with Gasteiger partial charge in [0, 0.05) is 11.1 Å². The molecule has 3 N–H and O–H groups in total. The van der Waals surface area contributed by atoms with E-state index in [0.717, 1.165) is 0 Å². The van der Waals surface area contributed by atoms with Crippen molar-refractivity contribution in [2.45, 2.75) is 64.1 Å². The summed E-state index contributed by atoms with van der Waals surface area (Å²) in [6, 6.07) is 0. The average Bonchev–Trinajstić information content (AvgIpc) is 2.86. The van der Waals surface area contributed by atoms with Crippen LogP contribution in [-0.4, -0.2) is 70.6 Å². The second kappa shape index (κ2) is 8.91. The van der Waals surface area contributed by atoms with Gasteiger partial charge in [0.05, 0.1) is 31.0 Å². The lowest BCUT2D eigenvalue weighted by Gasteiger charge is -2.34. The number of amides is 1. The maximum Gasteiger partial charge on any atom is 0.256 e. The molecule has 2 aliphatic rings. The predicted molar refractivity (Wildman–Crippen MR) is 98.1 cm³/mol. The number of carbonyl (C=O) groups is 1. The van der Waals surface area contributed by atoms with Gasteiger partial charge in [0.1, 0.15) is 18.0 Å². The van der Waals surface area contributed by atoms with Crippen LogP contribution in [0.1, 0.15) is 27.7 Å². The van der Waals surface area contributed by atoms with Gasteiger partial charge in [0.25, 0.3) is 5.91 Å². The van der Waals surface area contributed by atoms with Crippen LogP contribution < -0.4 is 5.32 Å². The molecule has 0 aliphatic carbocycles. The minimum Gasteiger partial charge on any atom is -0.391 e. The number of azide groups is 1. The third-order valence-corrected chi connectivity index (χ3v) is 4.23. The molecule has 1 amide bonds. The van der Waals surface area contributed by atoms with E-state index in [1.807, 2.05) is 13.8 Å². The van der Waals surface area contributed by atoms with E-state index in [1.54, 1.807) is 13.8 Å². The molecule has 28 heavy (non-hydrogen) atoms. The Kier molecular flexibility index (Phi) is 7.05. The van der Waals surface area contributed by atoms with Crippen molar-refractivity contribution in [1.82, 2.24) is 10.2 Å². The van der Waals surface area contributed by atoms with E-state index in [0.29, 0.717) is 0 Å². The summed E-state index contributed by atoms with van der Waals surface area (Å²) in [5, 5.41) is 26.6. The fourth-order valence-corrected chi connectivity index (χ4v) is 2.97. The van der Waals surface area contributed by atoms with Crippen LogP contribution in [0.25, 0.3) is 10.4 Å². The van der Waals surface area contributed by atoms with Crippen LogP contribution in [0.5, 0.6) is 0 Å². The number of aliphatic hydroxyl groups is 2. The smallest absolute Gasteiger partial charge is 0.256 e. The van der Waals surface area contributed by atoms with Gasteiger partial charge in [-0.05, 0) is 33.2 Å². The van der Waals surface area contributed by atoms with Crippen LogP contribution in [0, 0.1) is 0 Å². The largest absolute Gasteiger partial charge is 0.391 e. The van der Waals surface area contributed by atoms with E-state index < -0.39 is 36.7 Å². The number of carbonyl (C=O) groups excluding carboxylic acids is 1. The van der Waals surface area contributed by atoms with Crippen molar-refractivity contribution in [2.24, 2.45) is 5.11 Å². The van der Waals surface area contributed by atoms with Crippen molar-refractivity contribution in [1.29, 1.82) is 0 Å². The van der Waals surface area contributed by atoms with E-state index >= 15 is 0 Å². The number of hydrogen-bond acceptors (Lipinski definition) is 8. The first kappa shape index (κ1) is 22.2. The highest BCUT2D eigenvalue weighted by Crippen LogP contribution is 2.39. The van der Waals surface area contributed by atoms with E-state index in [-0.39, 0.29) is 30.2 Å². The van der Waals surface area contributed by atoms with Crippen molar-refractivity contribution in [3.05, 3.63) is 34.6 Å². The van der Waals surface area contributed by atoms with Crippen molar-refractivity contribution in [3.63, 3.8) is 0 Å². The third-order valence-electron chi connectivity index (χ3n) is 4.23. The summed E-state index contributed by atoms with van der Waals surface area (Å²) in [7, 11) is 0. The highest BCUT2D eigenvalue weighted by Gasteiger charge is 2.58. The normalized spacial score (nSPS) is 30.5. The lowest BCUT2D eigenvalue weighted by Crippen LogP contribution is -2.49. The van der Waals surface area contributed by atoms with Gasteiger partial charge in [0.15, 0.2) is 6.23 Å². The molecule has 2 rings (SSSR count). The fraction of sp³-hybridized carbons (Fsp3) is 0.706. The Morgan fingerprint density at radius 1 is 1.46 bits per heavy atom. The molecule has 0 aromatic heterocycles. The molecule has 1 unspecified atom stereocenters. The van der Waals surface area contributed by atoms with Crippen molar-refractivity contribution >= 4 is 5.91 Å². The molecule has 1 saturated heterocycles. The lowest BCUT2D eigenvalue weighted by atomic mass is 10.0. The van der Waals surface area contributed by atoms with Gasteiger partial charge in [-0.15, -0.1) is 0 Å². The van der Waals surface area contributed by atoms with E-state index in [4.69, 9.17) is 19.7 Å². The standard InChI is InChI=1S/C17H27N5O6/c1-9(2)26-8-17(20-21-18)14(27-10(3)4)13(24)16(28-17)22-6-12(7-23)15(25)19-11(22)5/h6,9-10,13-14,16,23-24H,5,7-8H2,1-4H3,(H,19,25)/t13-,14?,16+,17+/m0/s1. The first-order valence-corrected chi connectivity index (χ1v) is 8.94. The van der Waals surface area contributed by atoms with Crippen LogP contribution in [0.4, 0.5) is 0 Å². The summed E-state index contributed by atoms with van der Waals surface area (Å²) < 4.78 is 17.4. The van der Waals surface area contributed by atoms with Crippen molar-refractivity contribution in [3.8, 4) is 0 Å². The summed E-state index contributed by atoms with van der Waals surface area (Å²) in [5.41, 5.74) is 7.53. The molecule has 0 saturated carbocycles. The van der Waals surface area contributed by atoms with Gasteiger partial charge in [-0.1, -0.05) is 11.7 Å². The molecule has 11 heteroatoms. The molecule has 156 valence electrons. The highest BCUT2D eigenvalue weighted by atomic mass is 16.6. The average molecular weight is 397 g/mol. The van der Waals surface area contributed by atoms with E-state index in [1.165, 1.54) is 11.1 Å². The van der Waals surface area contributed by atoms with Crippen LogP contribution in [0.3, 0.4) is 0 Å². The van der Waals surface area contributed by atoms with Crippen molar-refractivity contribution < 1.29 is 29.2 Å². The van der Waals surface area contributed by atoms with Gasteiger partial charge in [0.2, 0.25) is 5.72 Å². The summed E-state index contributed by atoms with van der Waals surface area (Å²) in [6.45, 7) is 10.2. The lowest BCUT2D eigenvalue weighted by molar-refractivity contribution is -0.166. The van der Waals surface area contributed by atoms with Gasteiger partial charge >= 0.3 is 0 Å². The summed E-state index contributed by atoms with van der Waals surface area (Å²) in [5.74, 6) is -0.369. The first-order chi connectivity index (χ1) is 13.1. The maximum absolute atomic E-state index is 11.9. The van der Waals surface area contributed by atoms with Gasteiger partial charge in [-0.3, -0.25) is 4.79 Å². The zero-order chi connectivity index (χ0) is 21.1. The van der Waals surface area contributed by atoms with Crippen molar-refractivity contribution in [2.75, 3.05) is 13.2 Å². The molecule has 0 radical (unpaired) electrons. The molecular weight excluding hydrogens is 370 g/mol. The number of rotatable bonds is 8. The molecule has 0 aromatic carbocycles. The second-order valence-electron chi connectivity index (χ2n) is 7.12. The van der Waals surface area contributed by atoms with Crippen LogP contribution in [0.15, 0.2) is 29.3 Å². The van der Waals surface area contributed by atoms with Gasteiger partial charge < -0.3 is 34.6 Å². The quantitative estimate of drug-likeness (QED) is 0.310. The number of aliphatic hydroxyl groups excluding tert-OH is 2. The van der Waals surface area contributed by atoms with E-state index in [9.17, 15) is 15.0 Å². The van der Waals surface area contributed by atoms with Crippen LogP contribution in [0.2, 0.25) is 0 Å². The zero-order valence-electron chi connectivity index (χ0n) is 16.4. The molecule has 0 aromatic rings. The monoisotopic (exact) mass is 397 g/mol. The summed E-state index contributed by atoms with van der Waals surface area (Å²) in [4.78, 5) is 16.1. The molecule has 0 bridgehead atoms. The third kappa shape index (κ3) is 4.46. The number of nitrogens with zero attached hydrogens (tertiary/aromatic N) is 4. The molecule has 2 aliphatic heterocycles. The van der Waals surface area contributed by atoms with Crippen LogP contribution >= 0.6 is 0 Å². The minimum atomic E-state index is -1.64. The summed E-state index contributed by atoms with van der Waals surface area (Å²) >= 11 is 0. The molecule has 11 nitrogen and oxygen atoms in total. The Bertz CT molecular complexity index is 690. The number of hydrogen-bond donors (Lipinski definition) is 3. The predicted octanol–water partition coefficient (Wildman–Crippen LogP) is 0.708. The Labute approximate surface area is 163 Å². The molecule has 2 heterocycles. The zero-order valence-corrected chi connectivity index (χ0v) is 16.4. The van der Waals surface area contributed by atoms with E-state index in [2.05, 4.69) is 21.9 Å². The number of nitrogens with one attached hydrogen (secondary N) is 1. The molecule has 0 spiro atoms. The second-order valence-corrected chi connectivity index (χ2v) is 7.12. The maximum atomic E-state index is 11.9. The Morgan fingerprint density at radius 2 is 2.14 bits per heavy atom. The first-order valence-electron chi connectivity index (χ1n) is 8.94. The number of ether oxygens (including phenoxy) is 3. The Morgan fingerprint density at radius 3 is 2.68 bits per heavy atom. The fourth-order valence-electron chi connectivity index (χ4n) is 2.97. The van der Waals surface area contributed by atoms with Crippen LogP contribution in [-0.2, 0) is 19.0 Å². The Hall–Kier alpha value is -2.14. The van der Waals surface area contributed by atoms with Gasteiger partial charge in [-0.2, -0.15) is 0 Å². The minimum absolute atomic E-state index is 0.0595. The van der Waals surface area contributed by atoms with Gasteiger partial charge in [-0.25, -0.2) is 0 Å². The highest BCUT2D eigenvalue weighted by molar-refractivity contribution is 5.95. The molecular formula is C17H27N5O6. The molecule has 1 fully saturated rings. The molecule has 4 atom stereocenters. The Balaban J connectivity index is 2.44. The topological polar surface area (TPSA) is 149 Å².